The molecule has 0 radical (unpaired) electrons. The van der Waals surface area contributed by atoms with Crippen molar-refractivity contribution in [3.05, 3.63) is 65.5 Å². The van der Waals surface area contributed by atoms with Crippen LogP contribution in [0.2, 0.25) is 0 Å². The number of nitrogens with two attached hydrogens (primary N) is 1. The van der Waals surface area contributed by atoms with Crippen molar-refractivity contribution < 1.29 is 13.7 Å². The molecule has 33 heavy (non-hydrogen) atoms. The molecule has 2 N–H and O–H groups in total. The van der Waals surface area contributed by atoms with Crippen LogP contribution in [-0.4, -0.2) is 39.2 Å². The first-order chi connectivity index (χ1) is 15.8. The molecule has 0 fully saturated rings. The summed E-state index contributed by atoms with van der Waals surface area (Å²) in [7, 11) is 0.521. The van der Waals surface area contributed by atoms with Gasteiger partial charge < -0.3 is 15.2 Å². The van der Waals surface area contributed by atoms with Crippen LogP contribution in [0.25, 0.3) is 11.3 Å². The van der Waals surface area contributed by atoms with Crippen molar-refractivity contribution in [3.8, 4) is 17.0 Å². The minimum atomic E-state index is -1.05. The maximum atomic E-state index is 12.3. The number of rotatable bonds is 8. The van der Waals surface area contributed by atoms with E-state index in [0.29, 0.717) is 22.7 Å². The summed E-state index contributed by atoms with van der Waals surface area (Å²) >= 11 is 0. The third-order valence-electron chi connectivity index (χ3n) is 4.78. The molecule has 172 valence electrons. The fourth-order valence-electron chi connectivity index (χ4n) is 3.05. The van der Waals surface area contributed by atoms with Gasteiger partial charge in [0.2, 0.25) is 5.90 Å². The standard InChI is InChI=1S/C24H27N5O3S/c1-15(2)33(30)18-9-7-17(8-10-18)20-13-27-23(25)21(28-20)14-32-24(29-26-4)19-11-6-16(3)12-22(19)31-5/h6-13,15H,4,14H2,1-3,5H3,(H2,25,27)/b29-24-. The second-order valence-electron chi connectivity index (χ2n) is 7.50. The quantitative estimate of drug-likeness (QED) is 0.304. The predicted molar refractivity (Wildman–Crippen MR) is 132 cm³/mol. The summed E-state index contributed by atoms with van der Waals surface area (Å²) in [4.78, 5) is 9.64. The second-order valence-corrected chi connectivity index (χ2v) is 9.51. The lowest BCUT2D eigenvalue weighted by atomic mass is 10.1. The minimum Gasteiger partial charge on any atom is -0.496 e. The van der Waals surface area contributed by atoms with Crippen LogP contribution in [0.4, 0.5) is 5.82 Å². The molecule has 0 spiro atoms. The molecule has 0 amide bonds. The molecule has 0 aliphatic rings. The lowest BCUT2D eigenvalue weighted by molar-refractivity contribution is 0.286. The number of anilines is 1. The predicted octanol–water partition coefficient (Wildman–Crippen LogP) is 4.14. The summed E-state index contributed by atoms with van der Waals surface area (Å²) in [5, 5.41) is 7.66. The molecule has 1 heterocycles. The van der Waals surface area contributed by atoms with Crippen LogP contribution in [0.3, 0.4) is 0 Å². The Morgan fingerprint density at radius 2 is 1.94 bits per heavy atom. The number of methoxy groups -OCH3 is 1. The zero-order valence-corrected chi connectivity index (χ0v) is 19.9. The van der Waals surface area contributed by atoms with E-state index in [4.69, 9.17) is 15.2 Å². The average Bonchev–Trinajstić information content (AvgIpc) is 2.82. The van der Waals surface area contributed by atoms with Crippen LogP contribution < -0.4 is 10.5 Å². The van der Waals surface area contributed by atoms with E-state index >= 15 is 0 Å². The van der Waals surface area contributed by atoms with Gasteiger partial charge in [-0.3, -0.25) is 4.21 Å². The number of aromatic nitrogens is 2. The highest BCUT2D eigenvalue weighted by Crippen LogP contribution is 2.24. The largest absolute Gasteiger partial charge is 0.496 e. The Balaban J connectivity index is 1.84. The van der Waals surface area contributed by atoms with Crippen molar-refractivity contribution in [2.24, 2.45) is 10.2 Å². The van der Waals surface area contributed by atoms with Gasteiger partial charge in [-0.1, -0.05) is 32.0 Å². The summed E-state index contributed by atoms with van der Waals surface area (Å²) in [6, 6.07) is 13.0. The van der Waals surface area contributed by atoms with Gasteiger partial charge in [0.1, 0.15) is 23.9 Å². The van der Waals surface area contributed by atoms with Gasteiger partial charge in [-0.25, -0.2) is 9.97 Å². The van der Waals surface area contributed by atoms with Gasteiger partial charge in [0.15, 0.2) is 0 Å². The maximum absolute atomic E-state index is 12.3. The molecule has 1 atom stereocenters. The number of aryl methyl sites for hydroxylation is 1. The van der Waals surface area contributed by atoms with Gasteiger partial charge in [0.05, 0.1) is 35.4 Å². The van der Waals surface area contributed by atoms with Crippen LogP contribution in [-0.2, 0) is 22.1 Å². The Kier molecular flexibility index (Phi) is 7.89. The summed E-state index contributed by atoms with van der Waals surface area (Å²) < 4.78 is 23.6. The molecule has 3 rings (SSSR count). The van der Waals surface area contributed by atoms with Crippen molar-refractivity contribution in [2.75, 3.05) is 12.8 Å². The van der Waals surface area contributed by atoms with E-state index in [-0.39, 0.29) is 23.6 Å². The van der Waals surface area contributed by atoms with E-state index in [1.54, 1.807) is 13.3 Å². The first-order valence-electron chi connectivity index (χ1n) is 10.3. The van der Waals surface area contributed by atoms with Gasteiger partial charge in [0, 0.05) is 22.4 Å². The number of hydrogen-bond acceptors (Lipinski definition) is 8. The van der Waals surface area contributed by atoms with E-state index in [1.165, 1.54) is 0 Å². The molecule has 2 aromatic carbocycles. The molecule has 1 unspecified atom stereocenters. The number of nitrogen functional groups attached to an aromatic ring is 1. The highest BCUT2D eigenvalue weighted by Gasteiger charge is 2.15. The summed E-state index contributed by atoms with van der Waals surface area (Å²) in [6.45, 7) is 9.26. The Labute approximate surface area is 196 Å². The van der Waals surface area contributed by atoms with E-state index < -0.39 is 10.8 Å². The third-order valence-corrected chi connectivity index (χ3v) is 6.38. The van der Waals surface area contributed by atoms with E-state index in [2.05, 4.69) is 26.9 Å². The van der Waals surface area contributed by atoms with Crippen molar-refractivity contribution in [2.45, 2.75) is 37.5 Å². The lowest BCUT2D eigenvalue weighted by Gasteiger charge is -2.13. The molecule has 1 aromatic heterocycles. The zero-order chi connectivity index (χ0) is 24.0. The SMILES string of the molecule is C=N/N=C(\OCc1nc(-c2ccc(S(=O)C(C)C)cc2)cnc1N)c1ccc(C)cc1OC. The molecule has 0 aliphatic carbocycles. The van der Waals surface area contributed by atoms with Gasteiger partial charge >= 0.3 is 0 Å². The summed E-state index contributed by atoms with van der Waals surface area (Å²) in [5.74, 6) is 1.08. The first-order valence-corrected chi connectivity index (χ1v) is 11.5. The number of ether oxygens (including phenoxy) is 2. The Bertz CT molecular complexity index is 1190. The normalized spacial score (nSPS) is 12.5. The molecule has 0 aliphatic heterocycles. The van der Waals surface area contributed by atoms with Crippen LogP contribution in [0.5, 0.6) is 5.75 Å². The molecule has 0 saturated carbocycles. The maximum Gasteiger partial charge on any atom is 0.244 e. The Morgan fingerprint density at radius 3 is 2.58 bits per heavy atom. The van der Waals surface area contributed by atoms with E-state index in [1.807, 2.05) is 63.2 Å². The number of hydrogen-bond donors (Lipinski definition) is 1. The molecule has 8 nitrogen and oxygen atoms in total. The Morgan fingerprint density at radius 1 is 1.21 bits per heavy atom. The molecular formula is C24H27N5O3S. The van der Waals surface area contributed by atoms with Crippen LogP contribution in [0.1, 0.15) is 30.7 Å². The highest BCUT2D eigenvalue weighted by molar-refractivity contribution is 7.85. The van der Waals surface area contributed by atoms with Gasteiger partial charge in [-0.05, 0) is 36.8 Å². The monoisotopic (exact) mass is 465 g/mol. The molecule has 0 bridgehead atoms. The van der Waals surface area contributed by atoms with Crippen molar-refractivity contribution in [1.29, 1.82) is 0 Å². The fraction of sp³-hybridized carbons (Fsp3) is 0.250. The highest BCUT2D eigenvalue weighted by atomic mass is 32.2. The topological polar surface area (TPSA) is 112 Å². The minimum absolute atomic E-state index is 0.0213. The van der Waals surface area contributed by atoms with Crippen molar-refractivity contribution in [1.82, 2.24) is 9.97 Å². The third kappa shape index (κ3) is 5.81. The van der Waals surface area contributed by atoms with Gasteiger partial charge in [-0.15, -0.1) is 5.10 Å². The summed E-state index contributed by atoms with van der Waals surface area (Å²) in [5.41, 5.74) is 9.61. The molecular weight excluding hydrogens is 438 g/mol. The Hall–Kier alpha value is -3.59. The van der Waals surface area contributed by atoms with Gasteiger partial charge in [-0.2, -0.15) is 5.10 Å². The van der Waals surface area contributed by atoms with E-state index in [9.17, 15) is 4.21 Å². The second kappa shape index (κ2) is 10.8. The van der Waals surface area contributed by atoms with E-state index in [0.717, 1.165) is 16.0 Å². The molecule has 3 aromatic rings. The first kappa shape index (κ1) is 24.1. The number of benzene rings is 2. The number of nitrogens with zero attached hydrogens (tertiary/aromatic N) is 4. The summed E-state index contributed by atoms with van der Waals surface area (Å²) in [6.07, 6.45) is 1.59. The van der Waals surface area contributed by atoms with Crippen LogP contribution in [0.15, 0.2) is 63.8 Å². The van der Waals surface area contributed by atoms with Crippen molar-refractivity contribution >= 4 is 29.2 Å². The van der Waals surface area contributed by atoms with Gasteiger partial charge in [0.25, 0.3) is 0 Å². The van der Waals surface area contributed by atoms with Crippen molar-refractivity contribution in [3.63, 3.8) is 0 Å². The fourth-order valence-corrected chi connectivity index (χ4v) is 4.00. The lowest BCUT2D eigenvalue weighted by Crippen LogP contribution is -2.11. The molecule has 0 saturated heterocycles. The van der Waals surface area contributed by atoms with Crippen LogP contribution in [0, 0.1) is 6.92 Å². The van der Waals surface area contributed by atoms with Crippen LogP contribution >= 0.6 is 0 Å². The zero-order valence-electron chi connectivity index (χ0n) is 19.1. The average molecular weight is 466 g/mol. The molecule has 9 heteroatoms. The smallest absolute Gasteiger partial charge is 0.244 e.